The van der Waals surface area contributed by atoms with E-state index in [2.05, 4.69) is 0 Å². The van der Waals surface area contributed by atoms with Gasteiger partial charge in [0.15, 0.2) is 11.5 Å². The third-order valence-electron chi connectivity index (χ3n) is 5.48. The van der Waals surface area contributed by atoms with Crippen LogP contribution in [0.5, 0.6) is 17.2 Å². The van der Waals surface area contributed by atoms with Gasteiger partial charge in [0.1, 0.15) is 5.75 Å². The zero-order valence-corrected chi connectivity index (χ0v) is 19.2. The van der Waals surface area contributed by atoms with E-state index in [1.807, 2.05) is 79.4 Å². The molecule has 0 fully saturated rings. The summed E-state index contributed by atoms with van der Waals surface area (Å²) in [6.07, 6.45) is 0.269. The number of amides is 1. The molecule has 1 atom stereocenters. The minimum atomic E-state index is -0.353. The predicted octanol–water partition coefficient (Wildman–Crippen LogP) is 5.82. The fourth-order valence-electron chi connectivity index (χ4n) is 4.13. The topological polar surface area (TPSA) is 48.0 Å². The fraction of sp³-hybridized carbons (Fsp3) is 0.269. The van der Waals surface area contributed by atoms with E-state index in [-0.39, 0.29) is 18.4 Å². The maximum atomic E-state index is 13.5. The molecule has 0 N–H and O–H groups in total. The van der Waals surface area contributed by atoms with E-state index < -0.39 is 0 Å². The Balaban J connectivity index is 1.91. The third kappa shape index (κ3) is 4.26. The Morgan fingerprint density at radius 1 is 0.969 bits per heavy atom. The number of benzene rings is 3. The van der Waals surface area contributed by atoms with Crippen LogP contribution in [0.2, 0.25) is 5.02 Å². The van der Waals surface area contributed by atoms with E-state index in [1.165, 1.54) is 0 Å². The van der Waals surface area contributed by atoms with Crippen LogP contribution in [0.15, 0.2) is 60.7 Å². The van der Waals surface area contributed by atoms with Gasteiger partial charge in [-0.2, -0.15) is 0 Å². The average molecular weight is 452 g/mol. The first-order valence-electron chi connectivity index (χ1n) is 10.7. The quantitative estimate of drug-likeness (QED) is 0.453. The molecule has 1 aliphatic heterocycles. The summed E-state index contributed by atoms with van der Waals surface area (Å²) < 4.78 is 17.0. The number of carbonyl (C=O) groups excluding carboxylic acids is 1. The molecule has 0 aliphatic carbocycles. The Kier molecular flexibility index (Phi) is 6.56. The Bertz CT molecular complexity index is 1110. The molecule has 0 saturated carbocycles. The predicted molar refractivity (Wildman–Crippen MR) is 126 cm³/mol. The number of nitrogens with zero attached hydrogens (tertiary/aromatic N) is 1. The summed E-state index contributed by atoms with van der Waals surface area (Å²) >= 11 is 6.34. The first-order chi connectivity index (χ1) is 15.5. The smallest absolute Gasteiger partial charge is 0.232 e. The maximum Gasteiger partial charge on any atom is 0.232 e. The molecule has 32 heavy (non-hydrogen) atoms. The van der Waals surface area contributed by atoms with Crippen LogP contribution >= 0.6 is 11.6 Å². The lowest BCUT2D eigenvalue weighted by molar-refractivity contribution is -0.118. The van der Waals surface area contributed by atoms with Gasteiger partial charge in [0.05, 0.1) is 32.8 Å². The minimum Gasteiger partial charge on any atom is -0.497 e. The molecule has 0 radical (unpaired) electrons. The van der Waals surface area contributed by atoms with E-state index in [9.17, 15) is 4.79 Å². The van der Waals surface area contributed by atoms with Gasteiger partial charge in [-0.25, -0.2) is 0 Å². The minimum absolute atomic E-state index is 0.000694. The second-order valence-electron chi connectivity index (χ2n) is 7.46. The van der Waals surface area contributed by atoms with Crippen LogP contribution in [-0.4, -0.2) is 26.2 Å². The van der Waals surface area contributed by atoms with Gasteiger partial charge in [-0.05, 0) is 79.1 Å². The van der Waals surface area contributed by atoms with Gasteiger partial charge >= 0.3 is 0 Å². The van der Waals surface area contributed by atoms with Gasteiger partial charge in [-0.1, -0.05) is 23.7 Å². The van der Waals surface area contributed by atoms with Gasteiger partial charge in [-0.15, -0.1) is 0 Å². The normalized spacial score (nSPS) is 15.3. The molecule has 4 rings (SSSR count). The number of halogens is 1. The van der Waals surface area contributed by atoms with Crippen molar-refractivity contribution in [1.82, 2.24) is 0 Å². The molecule has 166 valence electrons. The van der Waals surface area contributed by atoms with Crippen molar-refractivity contribution in [1.29, 1.82) is 0 Å². The molecule has 1 amide bonds. The highest BCUT2D eigenvalue weighted by molar-refractivity contribution is 6.30. The third-order valence-corrected chi connectivity index (χ3v) is 5.72. The highest BCUT2D eigenvalue weighted by Gasteiger charge is 2.36. The molecule has 0 aromatic heterocycles. The van der Waals surface area contributed by atoms with Gasteiger partial charge in [0, 0.05) is 10.7 Å². The lowest BCUT2D eigenvalue weighted by Crippen LogP contribution is -2.41. The number of carbonyl (C=O) groups is 1. The second kappa shape index (κ2) is 9.53. The van der Waals surface area contributed by atoms with Crippen molar-refractivity contribution in [3.63, 3.8) is 0 Å². The lowest BCUT2D eigenvalue weighted by Gasteiger charge is -2.38. The summed E-state index contributed by atoms with van der Waals surface area (Å²) in [5.74, 6) is 2.06. The molecule has 0 unspecified atom stereocenters. The number of ether oxygens (including phenoxy) is 3. The van der Waals surface area contributed by atoms with Gasteiger partial charge < -0.3 is 19.1 Å². The summed E-state index contributed by atoms with van der Waals surface area (Å²) in [6, 6.07) is 18.7. The van der Waals surface area contributed by atoms with E-state index >= 15 is 0 Å². The first kappa shape index (κ1) is 22.0. The lowest BCUT2D eigenvalue weighted by atomic mass is 9.87. The molecular weight excluding hydrogens is 426 g/mol. The summed E-state index contributed by atoms with van der Waals surface area (Å²) in [6.45, 7) is 4.90. The summed E-state index contributed by atoms with van der Waals surface area (Å²) in [4.78, 5) is 15.3. The summed E-state index contributed by atoms with van der Waals surface area (Å²) in [5, 5.41) is 0.618. The molecule has 6 heteroatoms. The van der Waals surface area contributed by atoms with Crippen LogP contribution in [0, 0.1) is 0 Å². The Morgan fingerprint density at radius 2 is 1.66 bits per heavy atom. The molecule has 3 aromatic rings. The number of fused-ring (bicyclic) bond motifs is 1. The van der Waals surface area contributed by atoms with Crippen LogP contribution in [0.1, 0.15) is 36.6 Å². The number of rotatable bonds is 7. The largest absolute Gasteiger partial charge is 0.497 e. The van der Waals surface area contributed by atoms with Crippen molar-refractivity contribution in [3.05, 3.63) is 82.4 Å². The Morgan fingerprint density at radius 3 is 2.28 bits per heavy atom. The Hall–Kier alpha value is -3.18. The van der Waals surface area contributed by atoms with Crippen molar-refractivity contribution < 1.29 is 19.0 Å². The highest BCUT2D eigenvalue weighted by Crippen LogP contribution is 2.44. The van der Waals surface area contributed by atoms with Crippen molar-refractivity contribution >= 4 is 23.2 Å². The molecule has 5 nitrogen and oxygen atoms in total. The molecular formula is C26H26ClNO4. The fourth-order valence-corrected chi connectivity index (χ4v) is 4.33. The summed E-state index contributed by atoms with van der Waals surface area (Å²) in [5.41, 5.74) is 3.64. The SMILES string of the molecule is CCOc1cc2c(cc1OCC)[C@H](c1cccc(Cl)c1)N(c1ccc(OC)cc1)C(=O)C2. The highest BCUT2D eigenvalue weighted by atomic mass is 35.5. The number of hydrogen-bond acceptors (Lipinski definition) is 4. The maximum absolute atomic E-state index is 13.5. The second-order valence-corrected chi connectivity index (χ2v) is 7.90. The summed E-state index contributed by atoms with van der Waals surface area (Å²) in [7, 11) is 1.62. The molecule has 3 aromatic carbocycles. The number of methoxy groups -OCH3 is 1. The van der Waals surface area contributed by atoms with Gasteiger partial charge in [-0.3, -0.25) is 4.79 Å². The van der Waals surface area contributed by atoms with Crippen LogP contribution in [0.3, 0.4) is 0 Å². The van der Waals surface area contributed by atoms with Crippen molar-refractivity contribution in [2.24, 2.45) is 0 Å². The standard InChI is InChI=1S/C26H26ClNO4/c1-4-31-23-14-18-15-25(29)28(20-9-11-21(30-3)12-10-20)26(17-7-6-8-19(27)13-17)22(18)16-24(23)32-5-2/h6-14,16,26H,4-5,15H2,1-3H3/t26-/m0/s1. The van der Waals surface area contributed by atoms with E-state index in [0.29, 0.717) is 29.7 Å². The van der Waals surface area contributed by atoms with Crippen molar-refractivity contribution in [2.45, 2.75) is 26.3 Å². The van der Waals surface area contributed by atoms with E-state index in [0.717, 1.165) is 28.1 Å². The first-order valence-corrected chi connectivity index (χ1v) is 11.1. The number of hydrogen-bond donors (Lipinski definition) is 0. The molecule has 1 heterocycles. The van der Waals surface area contributed by atoms with Crippen LogP contribution in [0.4, 0.5) is 5.69 Å². The zero-order valence-electron chi connectivity index (χ0n) is 18.4. The Labute approximate surface area is 193 Å². The average Bonchev–Trinajstić information content (AvgIpc) is 2.79. The monoisotopic (exact) mass is 451 g/mol. The molecule has 0 saturated heterocycles. The molecule has 0 spiro atoms. The zero-order chi connectivity index (χ0) is 22.7. The van der Waals surface area contributed by atoms with Gasteiger partial charge in [0.25, 0.3) is 0 Å². The van der Waals surface area contributed by atoms with E-state index in [1.54, 1.807) is 7.11 Å². The number of anilines is 1. The van der Waals surface area contributed by atoms with Crippen molar-refractivity contribution in [2.75, 3.05) is 25.2 Å². The van der Waals surface area contributed by atoms with Crippen LogP contribution in [0.25, 0.3) is 0 Å². The molecule has 1 aliphatic rings. The van der Waals surface area contributed by atoms with Crippen LogP contribution in [-0.2, 0) is 11.2 Å². The van der Waals surface area contributed by atoms with Gasteiger partial charge in [0.2, 0.25) is 5.91 Å². The van der Waals surface area contributed by atoms with Crippen molar-refractivity contribution in [3.8, 4) is 17.2 Å². The molecule has 0 bridgehead atoms. The van der Waals surface area contributed by atoms with E-state index in [4.69, 9.17) is 25.8 Å². The van der Waals surface area contributed by atoms with Crippen LogP contribution < -0.4 is 19.1 Å².